The fraction of sp³-hybridized carbons (Fsp3) is 0.154. The summed E-state index contributed by atoms with van der Waals surface area (Å²) in [6.07, 6.45) is 0. The Bertz CT molecular complexity index is 552. The zero-order chi connectivity index (χ0) is 13.1. The van der Waals surface area contributed by atoms with Gasteiger partial charge in [-0.1, -0.05) is 0 Å². The van der Waals surface area contributed by atoms with Crippen LogP contribution in [0, 0.1) is 5.82 Å². The van der Waals surface area contributed by atoms with Crippen molar-refractivity contribution in [3.8, 4) is 0 Å². The second-order valence-electron chi connectivity index (χ2n) is 3.87. The lowest BCUT2D eigenvalue weighted by atomic mass is 10.2. The number of thiophene rings is 1. The third kappa shape index (κ3) is 3.17. The molecule has 0 aliphatic carbocycles. The molecule has 1 amide bonds. The number of carbonyl (C=O) groups is 1. The molecule has 0 unspecified atom stereocenters. The molecule has 2 nitrogen and oxygen atoms in total. The average Bonchev–Trinajstić information content (AvgIpc) is 2.75. The van der Waals surface area contributed by atoms with Gasteiger partial charge in [-0.15, -0.1) is 11.3 Å². The summed E-state index contributed by atoms with van der Waals surface area (Å²) in [4.78, 5) is 14.8. The van der Waals surface area contributed by atoms with Crippen molar-refractivity contribution >= 4 is 33.2 Å². The summed E-state index contributed by atoms with van der Waals surface area (Å²) >= 11 is 4.98. The van der Waals surface area contributed by atoms with Crippen molar-refractivity contribution in [1.29, 1.82) is 0 Å². The van der Waals surface area contributed by atoms with E-state index in [0.717, 1.165) is 8.66 Å². The van der Waals surface area contributed by atoms with Gasteiger partial charge >= 0.3 is 0 Å². The van der Waals surface area contributed by atoms with Crippen molar-refractivity contribution in [2.75, 3.05) is 7.05 Å². The molecule has 18 heavy (non-hydrogen) atoms. The van der Waals surface area contributed by atoms with Crippen LogP contribution in [0.2, 0.25) is 0 Å². The Morgan fingerprint density at radius 1 is 1.28 bits per heavy atom. The van der Waals surface area contributed by atoms with E-state index in [-0.39, 0.29) is 11.7 Å². The van der Waals surface area contributed by atoms with Crippen LogP contribution in [0.15, 0.2) is 40.2 Å². The van der Waals surface area contributed by atoms with Gasteiger partial charge in [-0.3, -0.25) is 4.79 Å². The van der Waals surface area contributed by atoms with Gasteiger partial charge in [0.1, 0.15) is 5.82 Å². The molecule has 0 bridgehead atoms. The highest BCUT2D eigenvalue weighted by Gasteiger charge is 2.12. The molecule has 0 saturated heterocycles. The number of hydrogen-bond donors (Lipinski definition) is 0. The summed E-state index contributed by atoms with van der Waals surface area (Å²) in [5.41, 5.74) is 0.495. The third-order valence-corrected chi connectivity index (χ3v) is 4.07. The van der Waals surface area contributed by atoms with Gasteiger partial charge in [0.15, 0.2) is 0 Å². The second-order valence-corrected chi connectivity index (χ2v) is 6.42. The molecule has 2 aromatic rings. The van der Waals surface area contributed by atoms with Gasteiger partial charge in [0.05, 0.1) is 10.3 Å². The molecule has 0 spiro atoms. The standard InChI is InChI=1S/C13H11BrFNOS/c1-16(8-11-6-7-12(14)18-11)13(17)9-2-4-10(15)5-3-9/h2-7H,8H2,1H3. The monoisotopic (exact) mass is 327 g/mol. The normalized spacial score (nSPS) is 10.4. The molecule has 2 rings (SSSR count). The Morgan fingerprint density at radius 2 is 1.94 bits per heavy atom. The summed E-state index contributed by atoms with van der Waals surface area (Å²) in [5, 5.41) is 0. The first kappa shape index (κ1) is 13.2. The number of halogens is 2. The van der Waals surface area contributed by atoms with Gasteiger partial charge in [-0.25, -0.2) is 4.39 Å². The van der Waals surface area contributed by atoms with E-state index in [1.165, 1.54) is 24.3 Å². The predicted octanol–water partition coefficient (Wildman–Crippen LogP) is 3.92. The van der Waals surface area contributed by atoms with Crippen LogP contribution in [0.25, 0.3) is 0 Å². The van der Waals surface area contributed by atoms with Crippen molar-refractivity contribution in [2.24, 2.45) is 0 Å². The summed E-state index contributed by atoms with van der Waals surface area (Å²) in [5.74, 6) is -0.448. The van der Waals surface area contributed by atoms with Gasteiger partial charge in [0.2, 0.25) is 0 Å². The van der Waals surface area contributed by atoms with Crippen molar-refractivity contribution in [3.63, 3.8) is 0 Å². The smallest absolute Gasteiger partial charge is 0.253 e. The van der Waals surface area contributed by atoms with Gasteiger partial charge in [-0.05, 0) is 52.3 Å². The van der Waals surface area contributed by atoms with Crippen LogP contribution in [-0.4, -0.2) is 17.9 Å². The Kier molecular flexibility index (Phi) is 4.14. The molecule has 0 aliphatic heterocycles. The zero-order valence-electron chi connectivity index (χ0n) is 9.69. The maximum absolute atomic E-state index is 12.8. The number of rotatable bonds is 3. The topological polar surface area (TPSA) is 20.3 Å². The summed E-state index contributed by atoms with van der Waals surface area (Å²) in [6, 6.07) is 9.52. The van der Waals surface area contributed by atoms with E-state index in [0.29, 0.717) is 12.1 Å². The van der Waals surface area contributed by atoms with E-state index >= 15 is 0 Å². The Morgan fingerprint density at radius 3 is 2.50 bits per heavy atom. The quantitative estimate of drug-likeness (QED) is 0.836. The lowest BCUT2D eigenvalue weighted by molar-refractivity contribution is 0.0786. The first-order chi connectivity index (χ1) is 8.56. The fourth-order valence-corrected chi connectivity index (χ4v) is 3.09. The molecule has 5 heteroatoms. The van der Waals surface area contributed by atoms with E-state index in [9.17, 15) is 9.18 Å². The van der Waals surface area contributed by atoms with Crippen molar-refractivity contribution < 1.29 is 9.18 Å². The van der Waals surface area contributed by atoms with Crippen LogP contribution < -0.4 is 0 Å². The molecule has 1 aromatic carbocycles. The lowest BCUT2D eigenvalue weighted by Gasteiger charge is -2.16. The lowest BCUT2D eigenvalue weighted by Crippen LogP contribution is -2.25. The van der Waals surface area contributed by atoms with E-state index in [1.807, 2.05) is 12.1 Å². The first-order valence-electron chi connectivity index (χ1n) is 5.31. The van der Waals surface area contributed by atoms with Crippen LogP contribution >= 0.6 is 27.3 Å². The Hall–Kier alpha value is -1.20. The minimum atomic E-state index is -0.337. The minimum absolute atomic E-state index is 0.112. The van der Waals surface area contributed by atoms with E-state index < -0.39 is 0 Å². The molecule has 1 aromatic heterocycles. The molecule has 1 heterocycles. The maximum atomic E-state index is 12.8. The van der Waals surface area contributed by atoms with Gasteiger partial charge in [0.25, 0.3) is 5.91 Å². The summed E-state index contributed by atoms with van der Waals surface area (Å²) in [6.45, 7) is 0.548. The van der Waals surface area contributed by atoms with E-state index in [2.05, 4.69) is 15.9 Å². The Balaban J connectivity index is 2.07. The maximum Gasteiger partial charge on any atom is 0.253 e. The highest BCUT2D eigenvalue weighted by molar-refractivity contribution is 9.11. The molecule has 0 saturated carbocycles. The number of nitrogens with zero attached hydrogens (tertiary/aromatic N) is 1. The Labute approximate surface area is 117 Å². The van der Waals surface area contributed by atoms with Crippen LogP contribution in [0.3, 0.4) is 0 Å². The van der Waals surface area contributed by atoms with Crippen molar-refractivity contribution in [1.82, 2.24) is 4.90 Å². The number of benzene rings is 1. The molecule has 0 radical (unpaired) electrons. The number of hydrogen-bond acceptors (Lipinski definition) is 2. The van der Waals surface area contributed by atoms with Crippen LogP contribution in [0.4, 0.5) is 4.39 Å². The number of amides is 1. The molecule has 0 atom stereocenters. The number of carbonyl (C=O) groups excluding carboxylic acids is 1. The third-order valence-electron chi connectivity index (χ3n) is 2.46. The van der Waals surface area contributed by atoms with Crippen LogP contribution in [0.1, 0.15) is 15.2 Å². The van der Waals surface area contributed by atoms with Crippen LogP contribution in [-0.2, 0) is 6.54 Å². The highest BCUT2D eigenvalue weighted by Crippen LogP contribution is 2.23. The first-order valence-corrected chi connectivity index (χ1v) is 6.92. The SMILES string of the molecule is CN(Cc1ccc(Br)s1)C(=O)c1ccc(F)cc1. The van der Waals surface area contributed by atoms with E-state index in [4.69, 9.17) is 0 Å². The average molecular weight is 328 g/mol. The largest absolute Gasteiger partial charge is 0.337 e. The van der Waals surface area contributed by atoms with Crippen LogP contribution in [0.5, 0.6) is 0 Å². The fourth-order valence-electron chi connectivity index (χ4n) is 1.56. The van der Waals surface area contributed by atoms with Gasteiger partial charge in [0, 0.05) is 17.5 Å². The molecular formula is C13H11BrFNOS. The highest BCUT2D eigenvalue weighted by atomic mass is 79.9. The van der Waals surface area contributed by atoms with Crippen molar-refractivity contribution in [3.05, 3.63) is 56.4 Å². The van der Waals surface area contributed by atoms with Crippen molar-refractivity contribution in [2.45, 2.75) is 6.54 Å². The minimum Gasteiger partial charge on any atom is -0.337 e. The zero-order valence-corrected chi connectivity index (χ0v) is 12.1. The van der Waals surface area contributed by atoms with Gasteiger partial charge in [-0.2, -0.15) is 0 Å². The molecule has 0 fully saturated rings. The molecule has 0 N–H and O–H groups in total. The predicted molar refractivity (Wildman–Crippen MR) is 74.2 cm³/mol. The molecular weight excluding hydrogens is 317 g/mol. The molecule has 94 valence electrons. The molecule has 0 aliphatic rings. The van der Waals surface area contributed by atoms with Gasteiger partial charge < -0.3 is 4.90 Å². The summed E-state index contributed by atoms with van der Waals surface area (Å²) < 4.78 is 13.8. The van der Waals surface area contributed by atoms with E-state index in [1.54, 1.807) is 23.3 Å². The second kappa shape index (κ2) is 5.63. The summed E-state index contributed by atoms with van der Waals surface area (Å²) in [7, 11) is 1.74.